The van der Waals surface area contributed by atoms with Gasteiger partial charge in [0.1, 0.15) is 12.2 Å². The minimum atomic E-state index is -0.499. The molecule has 7 heteroatoms. The van der Waals surface area contributed by atoms with Crippen LogP contribution in [0.5, 0.6) is 0 Å². The van der Waals surface area contributed by atoms with Crippen molar-refractivity contribution in [1.29, 1.82) is 0 Å². The molecular formula is C22H35N3O4. The molecule has 1 aliphatic heterocycles. The lowest BCUT2D eigenvalue weighted by Crippen LogP contribution is -2.56. The van der Waals surface area contributed by atoms with E-state index < -0.39 is 11.7 Å². The highest BCUT2D eigenvalue weighted by atomic mass is 16.6. The number of nitrogens with one attached hydrogen (secondary N) is 2. The van der Waals surface area contributed by atoms with Crippen molar-refractivity contribution in [1.82, 2.24) is 15.5 Å². The van der Waals surface area contributed by atoms with Crippen LogP contribution >= 0.6 is 0 Å². The van der Waals surface area contributed by atoms with Crippen LogP contribution < -0.4 is 10.6 Å². The Bertz CT molecular complexity index is 670. The summed E-state index contributed by atoms with van der Waals surface area (Å²) >= 11 is 0. The Labute approximate surface area is 174 Å². The first-order chi connectivity index (χ1) is 13.6. The molecule has 1 fully saturated rings. The van der Waals surface area contributed by atoms with Crippen molar-refractivity contribution in [2.45, 2.75) is 59.3 Å². The number of piperidine rings is 1. The van der Waals surface area contributed by atoms with E-state index in [2.05, 4.69) is 24.5 Å². The molecule has 2 amide bonds. The zero-order valence-electron chi connectivity index (χ0n) is 18.3. The molecule has 1 saturated heterocycles. The summed E-state index contributed by atoms with van der Waals surface area (Å²) in [6, 6.07) is 9.94. The zero-order valence-corrected chi connectivity index (χ0v) is 18.3. The van der Waals surface area contributed by atoms with Gasteiger partial charge in [-0.2, -0.15) is 0 Å². The molecule has 0 unspecified atom stereocenters. The number of amides is 2. The first kappa shape index (κ1) is 23.0. The average Bonchev–Trinajstić information content (AvgIpc) is 2.63. The van der Waals surface area contributed by atoms with Gasteiger partial charge in [-0.25, -0.2) is 9.59 Å². The molecule has 1 aliphatic rings. The Kier molecular flexibility index (Phi) is 7.90. The largest absolute Gasteiger partial charge is 0.445 e. The Morgan fingerprint density at radius 1 is 1.17 bits per heavy atom. The number of rotatable bonds is 6. The third-order valence-corrected chi connectivity index (χ3v) is 4.88. The number of hydrogen-bond acceptors (Lipinski definition) is 5. The second-order valence-electron chi connectivity index (χ2n) is 9.17. The third kappa shape index (κ3) is 7.93. The van der Waals surface area contributed by atoms with E-state index in [1.165, 1.54) is 0 Å². The highest BCUT2D eigenvalue weighted by Crippen LogP contribution is 2.29. The summed E-state index contributed by atoms with van der Waals surface area (Å²) in [7, 11) is 0. The van der Waals surface area contributed by atoms with Crippen LogP contribution in [-0.4, -0.2) is 54.9 Å². The van der Waals surface area contributed by atoms with Crippen LogP contribution in [-0.2, 0) is 16.1 Å². The van der Waals surface area contributed by atoms with Crippen molar-refractivity contribution in [2.24, 2.45) is 5.41 Å². The molecule has 0 radical (unpaired) electrons. The predicted molar refractivity (Wildman–Crippen MR) is 113 cm³/mol. The van der Waals surface area contributed by atoms with Gasteiger partial charge in [0.2, 0.25) is 0 Å². The molecule has 2 rings (SSSR count). The molecule has 0 spiro atoms. The van der Waals surface area contributed by atoms with E-state index in [-0.39, 0.29) is 24.2 Å². The fourth-order valence-electron chi connectivity index (χ4n) is 3.43. The first-order valence-electron chi connectivity index (χ1n) is 10.2. The highest BCUT2D eigenvalue weighted by Gasteiger charge is 2.37. The van der Waals surface area contributed by atoms with E-state index in [0.717, 1.165) is 12.0 Å². The van der Waals surface area contributed by atoms with Crippen molar-refractivity contribution in [3.05, 3.63) is 35.9 Å². The molecule has 7 nitrogen and oxygen atoms in total. The number of benzene rings is 1. The summed E-state index contributed by atoms with van der Waals surface area (Å²) in [6.45, 7) is 12.5. The van der Waals surface area contributed by atoms with Gasteiger partial charge in [0, 0.05) is 32.2 Å². The maximum Gasteiger partial charge on any atom is 0.410 e. The van der Waals surface area contributed by atoms with Crippen LogP contribution in [0.3, 0.4) is 0 Å². The van der Waals surface area contributed by atoms with Crippen LogP contribution in [0.15, 0.2) is 30.3 Å². The maximum atomic E-state index is 12.4. The van der Waals surface area contributed by atoms with Crippen LogP contribution in [0, 0.1) is 5.41 Å². The quantitative estimate of drug-likeness (QED) is 0.708. The summed E-state index contributed by atoms with van der Waals surface area (Å²) < 4.78 is 10.7. The van der Waals surface area contributed by atoms with Crippen molar-refractivity contribution >= 4 is 12.2 Å². The lowest BCUT2D eigenvalue weighted by atomic mass is 9.79. The van der Waals surface area contributed by atoms with Crippen molar-refractivity contribution in [3.8, 4) is 0 Å². The third-order valence-electron chi connectivity index (χ3n) is 4.88. The van der Waals surface area contributed by atoms with Gasteiger partial charge >= 0.3 is 12.2 Å². The number of hydrogen-bond donors (Lipinski definition) is 2. The molecule has 162 valence electrons. The summed E-state index contributed by atoms with van der Waals surface area (Å²) in [5.74, 6) is 0. The Morgan fingerprint density at radius 3 is 2.48 bits per heavy atom. The number of likely N-dealkylation sites (tertiary alicyclic amines) is 1. The molecule has 1 aromatic rings. The maximum absolute atomic E-state index is 12.4. The van der Waals surface area contributed by atoms with E-state index in [1.54, 1.807) is 4.90 Å². The molecule has 0 bridgehead atoms. The minimum Gasteiger partial charge on any atom is -0.445 e. The van der Waals surface area contributed by atoms with Gasteiger partial charge in [0.25, 0.3) is 0 Å². The van der Waals surface area contributed by atoms with Gasteiger partial charge in [-0.1, -0.05) is 44.2 Å². The monoisotopic (exact) mass is 405 g/mol. The second-order valence-corrected chi connectivity index (χ2v) is 9.17. The van der Waals surface area contributed by atoms with Crippen molar-refractivity contribution in [2.75, 3.05) is 26.2 Å². The topological polar surface area (TPSA) is 79.9 Å². The summed E-state index contributed by atoms with van der Waals surface area (Å²) in [6.07, 6.45) is 0.154. The fraction of sp³-hybridized carbons (Fsp3) is 0.636. The zero-order chi connectivity index (χ0) is 21.5. The summed E-state index contributed by atoms with van der Waals surface area (Å²) in [4.78, 5) is 25.9. The number of alkyl carbamates (subject to hydrolysis) is 1. The molecule has 0 aliphatic carbocycles. The predicted octanol–water partition coefficient (Wildman–Crippen LogP) is 3.54. The molecule has 2 N–H and O–H groups in total. The average molecular weight is 406 g/mol. The standard InChI is InChI=1S/C22H35N3O4/c1-21(2,3)29-19(26)24-13-12-23-18-11-14-25(16-22(18,4)5)20(27)28-15-17-9-7-6-8-10-17/h6-10,18,23H,11-16H2,1-5H3,(H,24,26)/t18-/m0/s1. The normalized spacial score (nSPS) is 18.8. The Hall–Kier alpha value is -2.28. The fourth-order valence-corrected chi connectivity index (χ4v) is 3.43. The van der Waals surface area contributed by atoms with E-state index in [4.69, 9.17) is 9.47 Å². The van der Waals surface area contributed by atoms with Gasteiger partial charge in [-0.05, 0) is 38.2 Å². The number of ether oxygens (including phenoxy) is 2. The molecule has 0 saturated carbocycles. The van der Waals surface area contributed by atoms with Crippen LogP contribution in [0.2, 0.25) is 0 Å². The number of carbonyl (C=O) groups is 2. The van der Waals surface area contributed by atoms with Gasteiger partial charge in [-0.15, -0.1) is 0 Å². The number of nitrogens with zero attached hydrogens (tertiary/aromatic N) is 1. The molecule has 1 atom stereocenters. The molecule has 29 heavy (non-hydrogen) atoms. The van der Waals surface area contributed by atoms with E-state index in [9.17, 15) is 9.59 Å². The molecule has 1 heterocycles. The Morgan fingerprint density at radius 2 is 1.86 bits per heavy atom. The molecule has 0 aromatic heterocycles. The first-order valence-corrected chi connectivity index (χ1v) is 10.2. The molecular weight excluding hydrogens is 370 g/mol. The van der Waals surface area contributed by atoms with Gasteiger partial charge < -0.3 is 25.0 Å². The SMILES string of the molecule is CC(C)(C)OC(=O)NCCN[C@H]1CCN(C(=O)OCc2ccccc2)CC1(C)C. The van der Waals surface area contributed by atoms with Crippen LogP contribution in [0.25, 0.3) is 0 Å². The Balaban J connectivity index is 1.72. The van der Waals surface area contributed by atoms with E-state index in [1.807, 2.05) is 51.1 Å². The summed E-state index contributed by atoms with van der Waals surface area (Å²) in [5, 5.41) is 6.26. The highest BCUT2D eigenvalue weighted by molar-refractivity contribution is 5.68. The van der Waals surface area contributed by atoms with Crippen LogP contribution in [0.1, 0.15) is 46.6 Å². The van der Waals surface area contributed by atoms with Gasteiger partial charge in [-0.3, -0.25) is 0 Å². The second kappa shape index (κ2) is 9.96. The smallest absolute Gasteiger partial charge is 0.410 e. The van der Waals surface area contributed by atoms with Crippen molar-refractivity contribution in [3.63, 3.8) is 0 Å². The van der Waals surface area contributed by atoms with Gasteiger partial charge in [0.05, 0.1) is 0 Å². The van der Waals surface area contributed by atoms with Crippen molar-refractivity contribution < 1.29 is 19.1 Å². The molecule has 1 aromatic carbocycles. The van der Waals surface area contributed by atoms with Crippen LogP contribution in [0.4, 0.5) is 9.59 Å². The minimum absolute atomic E-state index is 0.101. The lowest BCUT2D eigenvalue weighted by Gasteiger charge is -2.44. The summed E-state index contributed by atoms with van der Waals surface area (Å²) in [5.41, 5.74) is 0.381. The van der Waals surface area contributed by atoms with Gasteiger partial charge in [0.15, 0.2) is 0 Å². The lowest BCUT2D eigenvalue weighted by molar-refractivity contribution is 0.0453. The number of carbonyl (C=O) groups excluding carboxylic acids is 2. The van der Waals surface area contributed by atoms with E-state index in [0.29, 0.717) is 26.2 Å². The van der Waals surface area contributed by atoms with E-state index >= 15 is 0 Å².